The molecule has 0 bridgehead atoms. The normalized spacial score (nSPS) is 30.3. The Morgan fingerprint density at radius 3 is 2.46 bits per heavy atom. The summed E-state index contributed by atoms with van der Waals surface area (Å²) >= 11 is 0. The van der Waals surface area contributed by atoms with E-state index in [9.17, 15) is 14.0 Å². The number of carbonyl (C=O) groups is 2. The van der Waals surface area contributed by atoms with Crippen LogP contribution in [0.15, 0.2) is 24.3 Å². The summed E-state index contributed by atoms with van der Waals surface area (Å²) in [5.74, 6) is -1.73. The van der Waals surface area contributed by atoms with E-state index in [1.54, 1.807) is 17.0 Å². The molecule has 1 aromatic rings. The number of aliphatic carboxylic acids is 1. The van der Waals surface area contributed by atoms with Gasteiger partial charge in [-0.2, -0.15) is 0 Å². The fraction of sp³-hybridized carbons (Fsp3) is 0.556. The first kappa shape index (κ1) is 16.9. The summed E-state index contributed by atoms with van der Waals surface area (Å²) < 4.78 is 19.0. The number of carbonyl (C=O) groups excluding carboxylic acids is 1. The molecule has 5 nitrogen and oxygen atoms in total. The molecule has 2 fully saturated rings. The van der Waals surface area contributed by atoms with Crippen molar-refractivity contribution < 1.29 is 23.8 Å². The Morgan fingerprint density at radius 1 is 1.17 bits per heavy atom. The first-order chi connectivity index (χ1) is 11.4. The van der Waals surface area contributed by atoms with Gasteiger partial charge in [-0.3, -0.25) is 9.59 Å². The Morgan fingerprint density at radius 2 is 1.83 bits per heavy atom. The van der Waals surface area contributed by atoms with Gasteiger partial charge < -0.3 is 14.7 Å². The number of ether oxygens (including phenoxy) is 1. The molecule has 1 amide bonds. The minimum atomic E-state index is -0.815. The molecule has 1 heterocycles. The molecule has 0 aromatic heterocycles. The minimum Gasteiger partial charge on any atom is -0.481 e. The Labute approximate surface area is 140 Å². The maximum absolute atomic E-state index is 13.1. The van der Waals surface area contributed by atoms with Crippen molar-refractivity contribution in [2.75, 3.05) is 13.1 Å². The van der Waals surface area contributed by atoms with Crippen LogP contribution in [0, 0.1) is 17.7 Å². The lowest BCUT2D eigenvalue weighted by Gasteiger charge is -2.38. The smallest absolute Gasteiger partial charge is 0.306 e. The standard InChI is InChI=1S/C18H22FNO4/c1-11-9-20(17(21)13-2-3-14(8-13)18(22)23)10-16(24-11)12-4-6-15(19)7-5-12/h4-7,11,13-14,16H,2-3,8-10H2,1H3,(H,22,23)/t11?,13-,14+,16?/m1/s1. The molecular formula is C18H22FNO4. The zero-order valence-corrected chi connectivity index (χ0v) is 13.7. The molecule has 1 aromatic carbocycles. The summed E-state index contributed by atoms with van der Waals surface area (Å²) in [4.78, 5) is 25.6. The highest BCUT2D eigenvalue weighted by atomic mass is 19.1. The van der Waals surface area contributed by atoms with Crippen molar-refractivity contribution in [2.24, 2.45) is 11.8 Å². The van der Waals surface area contributed by atoms with Crippen molar-refractivity contribution in [3.05, 3.63) is 35.6 Å². The summed E-state index contributed by atoms with van der Waals surface area (Å²) in [6.45, 7) is 2.83. The highest BCUT2D eigenvalue weighted by Gasteiger charge is 2.38. The quantitative estimate of drug-likeness (QED) is 0.922. The van der Waals surface area contributed by atoms with Crippen molar-refractivity contribution >= 4 is 11.9 Å². The molecule has 4 atom stereocenters. The van der Waals surface area contributed by atoms with E-state index >= 15 is 0 Å². The first-order valence-corrected chi connectivity index (χ1v) is 8.36. The van der Waals surface area contributed by atoms with Gasteiger partial charge >= 0.3 is 5.97 Å². The van der Waals surface area contributed by atoms with E-state index in [-0.39, 0.29) is 29.9 Å². The summed E-state index contributed by atoms with van der Waals surface area (Å²) in [7, 11) is 0. The second-order valence-corrected chi connectivity index (χ2v) is 6.78. The molecule has 1 saturated carbocycles. The van der Waals surface area contributed by atoms with Crippen LogP contribution in [0.5, 0.6) is 0 Å². The highest BCUT2D eigenvalue weighted by molar-refractivity contribution is 5.81. The van der Waals surface area contributed by atoms with Gasteiger partial charge in [-0.05, 0) is 43.9 Å². The molecule has 2 unspecified atom stereocenters. The van der Waals surface area contributed by atoms with Crippen LogP contribution < -0.4 is 0 Å². The molecule has 6 heteroatoms. The number of nitrogens with zero attached hydrogens (tertiary/aromatic N) is 1. The predicted octanol–water partition coefficient (Wildman–Crippen LogP) is 2.62. The van der Waals surface area contributed by atoms with E-state index in [0.717, 1.165) is 5.56 Å². The summed E-state index contributed by atoms with van der Waals surface area (Å²) in [6.07, 6.45) is 1.21. The van der Waals surface area contributed by atoms with Gasteiger partial charge in [-0.15, -0.1) is 0 Å². The SMILES string of the molecule is CC1CN(C(=O)[C@@H]2CC[C@H](C(=O)O)C2)CC(c2ccc(F)cc2)O1. The average molecular weight is 335 g/mol. The molecule has 0 spiro atoms. The van der Waals surface area contributed by atoms with E-state index in [4.69, 9.17) is 9.84 Å². The molecule has 0 radical (unpaired) electrons. The van der Waals surface area contributed by atoms with Crippen LogP contribution >= 0.6 is 0 Å². The summed E-state index contributed by atoms with van der Waals surface area (Å²) in [6, 6.07) is 6.13. The van der Waals surface area contributed by atoms with Crippen molar-refractivity contribution in [3.8, 4) is 0 Å². The molecule has 1 saturated heterocycles. The third kappa shape index (κ3) is 3.59. The molecule has 1 aliphatic carbocycles. The number of carboxylic acid groups (broad SMARTS) is 1. The number of amides is 1. The molecule has 1 N–H and O–H groups in total. The number of benzene rings is 1. The van der Waals surface area contributed by atoms with Crippen molar-refractivity contribution in [2.45, 2.75) is 38.4 Å². The van der Waals surface area contributed by atoms with E-state index in [2.05, 4.69) is 0 Å². The summed E-state index contributed by atoms with van der Waals surface area (Å²) in [5, 5.41) is 9.10. The van der Waals surface area contributed by atoms with Crippen LogP contribution in [-0.2, 0) is 14.3 Å². The third-order valence-electron chi connectivity index (χ3n) is 4.94. The fourth-order valence-electron chi connectivity index (χ4n) is 3.68. The Balaban J connectivity index is 1.68. The van der Waals surface area contributed by atoms with Crippen LogP contribution in [0.2, 0.25) is 0 Å². The molecule has 3 rings (SSSR count). The molecule has 1 aliphatic heterocycles. The van der Waals surface area contributed by atoms with E-state index in [1.807, 2.05) is 6.92 Å². The van der Waals surface area contributed by atoms with Crippen LogP contribution in [0.3, 0.4) is 0 Å². The predicted molar refractivity (Wildman–Crippen MR) is 84.7 cm³/mol. The van der Waals surface area contributed by atoms with Crippen LogP contribution in [0.4, 0.5) is 4.39 Å². The van der Waals surface area contributed by atoms with Crippen LogP contribution in [-0.4, -0.2) is 41.1 Å². The highest BCUT2D eigenvalue weighted by Crippen LogP contribution is 2.34. The fourth-order valence-corrected chi connectivity index (χ4v) is 3.68. The van der Waals surface area contributed by atoms with Gasteiger partial charge in [0.25, 0.3) is 0 Å². The summed E-state index contributed by atoms with van der Waals surface area (Å²) in [5.41, 5.74) is 0.843. The number of rotatable bonds is 3. The van der Waals surface area contributed by atoms with Gasteiger partial charge in [0, 0.05) is 12.5 Å². The number of hydrogen-bond acceptors (Lipinski definition) is 3. The monoisotopic (exact) mass is 335 g/mol. The Hall–Kier alpha value is -1.95. The number of carboxylic acids is 1. The van der Waals surface area contributed by atoms with Crippen LogP contribution in [0.25, 0.3) is 0 Å². The Bertz CT molecular complexity index is 618. The lowest BCUT2D eigenvalue weighted by Crippen LogP contribution is -2.47. The van der Waals surface area contributed by atoms with Crippen molar-refractivity contribution in [1.82, 2.24) is 4.90 Å². The van der Waals surface area contributed by atoms with Gasteiger partial charge in [-0.25, -0.2) is 4.39 Å². The minimum absolute atomic E-state index is 0.0148. The molecule has 2 aliphatic rings. The van der Waals surface area contributed by atoms with Gasteiger partial charge in [-0.1, -0.05) is 12.1 Å². The van der Waals surface area contributed by atoms with E-state index < -0.39 is 11.9 Å². The van der Waals surface area contributed by atoms with Crippen molar-refractivity contribution in [3.63, 3.8) is 0 Å². The lowest BCUT2D eigenvalue weighted by atomic mass is 10.0. The number of hydrogen-bond donors (Lipinski definition) is 1. The van der Waals surface area contributed by atoms with Crippen LogP contribution in [0.1, 0.15) is 37.9 Å². The first-order valence-electron chi connectivity index (χ1n) is 8.36. The van der Waals surface area contributed by atoms with Gasteiger partial charge in [0.05, 0.1) is 18.6 Å². The zero-order valence-electron chi connectivity index (χ0n) is 13.7. The largest absolute Gasteiger partial charge is 0.481 e. The third-order valence-corrected chi connectivity index (χ3v) is 4.94. The van der Waals surface area contributed by atoms with Crippen molar-refractivity contribution in [1.29, 1.82) is 0 Å². The topological polar surface area (TPSA) is 66.8 Å². The average Bonchev–Trinajstić information content (AvgIpc) is 3.04. The molecular weight excluding hydrogens is 313 g/mol. The second-order valence-electron chi connectivity index (χ2n) is 6.78. The lowest BCUT2D eigenvalue weighted by molar-refractivity contribution is -0.149. The maximum atomic E-state index is 13.1. The zero-order chi connectivity index (χ0) is 17.3. The number of halogens is 1. The van der Waals surface area contributed by atoms with Gasteiger partial charge in [0.2, 0.25) is 5.91 Å². The Kier molecular flexibility index (Phi) is 4.85. The number of morpholine rings is 1. The second kappa shape index (κ2) is 6.89. The van der Waals surface area contributed by atoms with E-state index in [1.165, 1.54) is 12.1 Å². The molecule has 130 valence electrons. The van der Waals surface area contributed by atoms with E-state index in [0.29, 0.717) is 32.4 Å². The van der Waals surface area contributed by atoms with Gasteiger partial charge in [0.1, 0.15) is 11.9 Å². The molecule has 24 heavy (non-hydrogen) atoms. The van der Waals surface area contributed by atoms with Gasteiger partial charge in [0.15, 0.2) is 0 Å². The maximum Gasteiger partial charge on any atom is 0.306 e.